The van der Waals surface area contributed by atoms with E-state index in [9.17, 15) is 14.3 Å². The molecule has 1 N–H and O–H groups in total. The predicted molar refractivity (Wildman–Crippen MR) is 97.9 cm³/mol. The number of aromatic nitrogens is 2. The average Bonchev–Trinajstić information content (AvgIpc) is 3.03. The molecule has 0 spiro atoms. The number of carbonyl (C=O) groups is 1. The molecule has 2 aromatic carbocycles. The lowest BCUT2D eigenvalue weighted by Gasteiger charge is -2.14. The van der Waals surface area contributed by atoms with Crippen LogP contribution in [-0.4, -0.2) is 34.1 Å². The van der Waals surface area contributed by atoms with Crippen LogP contribution in [0.3, 0.4) is 0 Å². The molecule has 0 saturated carbocycles. The molecule has 0 aliphatic carbocycles. The van der Waals surface area contributed by atoms with E-state index in [2.05, 4.69) is 5.10 Å². The fraction of sp³-hybridized carbons (Fsp3) is 0.263. The van der Waals surface area contributed by atoms with E-state index in [0.717, 1.165) is 5.56 Å². The Balaban J connectivity index is 1.94. The second-order valence-corrected chi connectivity index (χ2v) is 6.60. The lowest BCUT2D eigenvalue weighted by Crippen LogP contribution is -2.12. The molecule has 0 bridgehead atoms. The number of alkyl halides is 1. The van der Waals surface area contributed by atoms with Crippen LogP contribution in [0.1, 0.15) is 22.8 Å². The van der Waals surface area contributed by atoms with E-state index in [4.69, 9.17) is 16.3 Å². The van der Waals surface area contributed by atoms with Crippen molar-refractivity contribution >= 4 is 28.5 Å². The molecule has 1 unspecified atom stereocenters. The predicted octanol–water partition coefficient (Wildman–Crippen LogP) is 4.42. The Kier molecular flexibility index (Phi) is 5.42. The van der Waals surface area contributed by atoms with Crippen LogP contribution < -0.4 is 4.74 Å². The van der Waals surface area contributed by atoms with E-state index >= 15 is 0 Å². The molecule has 0 saturated heterocycles. The van der Waals surface area contributed by atoms with Gasteiger partial charge in [0.1, 0.15) is 5.75 Å². The molecule has 0 amide bonds. The zero-order chi connectivity index (χ0) is 18.7. The van der Waals surface area contributed by atoms with Crippen molar-refractivity contribution in [2.45, 2.75) is 13.5 Å². The number of nitrogens with zero attached hydrogens (tertiary/aromatic N) is 2. The number of halogens is 2. The Morgan fingerprint density at radius 3 is 2.92 bits per heavy atom. The van der Waals surface area contributed by atoms with Crippen LogP contribution >= 0.6 is 11.6 Å². The van der Waals surface area contributed by atoms with Gasteiger partial charge in [-0.15, -0.1) is 0 Å². The first-order chi connectivity index (χ1) is 12.5. The highest BCUT2D eigenvalue weighted by Gasteiger charge is 2.14. The van der Waals surface area contributed by atoms with Gasteiger partial charge in [0, 0.05) is 21.9 Å². The molecule has 0 aliphatic heterocycles. The first-order valence-corrected chi connectivity index (χ1v) is 8.52. The Morgan fingerprint density at radius 2 is 2.19 bits per heavy atom. The van der Waals surface area contributed by atoms with Crippen molar-refractivity contribution in [1.82, 2.24) is 9.78 Å². The van der Waals surface area contributed by atoms with E-state index in [1.807, 2.05) is 6.07 Å². The summed E-state index contributed by atoms with van der Waals surface area (Å²) in [6.07, 6.45) is 1.54. The van der Waals surface area contributed by atoms with Crippen molar-refractivity contribution < 1.29 is 19.0 Å². The third kappa shape index (κ3) is 3.80. The minimum atomic E-state index is -0.998. The summed E-state index contributed by atoms with van der Waals surface area (Å²) < 4.78 is 20.1. The highest BCUT2D eigenvalue weighted by molar-refractivity contribution is 6.30. The van der Waals surface area contributed by atoms with Crippen LogP contribution in [0.25, 0.3) is 10.9 Å². The van der Waals surface area contributed by atoms with Crippen molar-refractivity contribution in [3.63, 3.8) is 0 Å². The summed E-state index contributed by atoms with van der Waals surface area (Å²) in [6, 6.07) is 10.3. The number of carboxylic acid groups (broad SMARTS) is 1. The van der Waals surface area contributed by atoms with E-state index in [1.54, 1.807) is 41.9 Å². The van der Waals surface area contributed by atoms with Crippen LogP contribution in [0.2, 0.25) is 5.02 Å². The number of rotatable bonds is 7. The summed E-state index contributed by atoms with van der Waals surface area (Å²) in [5.41, 5.74) is 1.69. The number of carboxylic acids is 1. The van der Waals surface area contributed by atoms with Gasteiger partial charge < -0.3 is 9.84 Å². The Morgan fingerprint density at radius 1 is 1.38 bits per heavy atom. The first-order valence-electron chi connectivity index (χ1n) is 8.14. The largest absolute Gasteiger partial charge is 0.493 e. The maximum Gasteiger partial charge on any atom is 0.336 e. The van der Waals surface area contributed by atoms with Crippen molar-refractivity contribution in [2.75, 3.05) is 13.3 Å². The van der Waals surface area contributed by atoms with Crippen LogP contribution in [0.5, 0.6) is 5.75 Å². The van der Waals surface area contributed by atoms with Crippen molar-refractivity contribution in [3.8, 4) is 5.75 Å². The summed E-state index contributed by atoms with van der Waals surface area (Å²) in [4.78, 5) is 11.4. The number of aromatic carboxylic acids is 1. The molecule has 0 radical (unpaired) electrons. The summed E-state index contributed by atoms with van der Waals surface area (Å²) >= 11 is 6.11. The molecule has 0 aliphatic rings. The molecule has 1 atom stereocenters. The van der Waals surface area contributed by atoms with Crippen LogP contribution in [-0.2, 0) is 6.54 Å². The number of ether oxygens (including phenoxy) is 1. The van der Waals surface area contributed by atoms with Gasteiger partial charge in [0.15, 0.2) is 0 Å². The topological polar surface area (TPSA) is 64.4 Å². The minimum Gasteiger partial charge on any atom is -0.493 e. The van der Waals surface area contributed by atoms with E-state index in [1.165, 1.54) is 6.20 Å². The van der Waals surface area contributed by atoms with Crippen LogP contribution in [0.4, 0.5) is 4.39 Å². The molecule has 7 heteroatoms. The molecular weight excluding hydrogens is 359 g/mol. The highest BCUT2D eigenvalue weighted by Crippen LogP contribution is 2.26. The number of benzene rings is 2. The fourth-order valence-corrected chi connectivity index (χ4v) is 2.86. The van der Waals surface area contributed by atoms with Gasteiger partial charge in [-0.3, -0.25) is 9.07 Å². The van der Waals surface area contributed by atoms with Gasteiger partial charge in [0.2, 0.25) is 0 Å². The van der Waals surface area contributed by atoms with Crippen molar-refractivity contribution in [2.24, 2.45) is 5.92 Å². The lowest BCUT2D eigenvalue weighted by atomic mass is 10.1. The standard InChI is InChI=1S/C19H18ClFN2O3/c1-12(8-21)11-26-18-6-5-14(20)7-13(18)10-23-17-4-2-3-15(19(24)25)16(17)9-22-23/h2-7,9,12H,8,10-11H2,1H3,(H,24,25). The van der Waals surface area contributed by atoms with Crippen LogP contribution in [0.15, 0.2) is 42.6 Å². The molecule has 3 rings (SSSR count). The molecule has 1 heterocycles. The summed E-state index contributed by atoms with van der Waals surface area (Å²) in [6.45, 7) is 1.93. The minimum absolute atomic E-state index is 0.202. The molecule has 1 aromatic heterocycles. The smallest absolute Gasteiger partial charge is 0.336 e. The maximum absolute atomic E-state index is 12.7. The molecule has 0 fully saturated rings. The third-order valence-corrected chi connectivity index (χ3v) is 4.28. The molecule has 26 heavy (non-hydrogen) atoms. The Labute approximate surface area is 155 Å². The second kappa shape index (κ2) is 7.74. The molecule has 5 nitrogen and oxygen atoms in total. The van der Waals surface area contributed by atoms with Gasteiger partial charge in [-0.2, -0.15) is 5.10 Å². The van der Waals surface area contributed by atoms with Gasteiger partial charge in [-0.05, 0) is 30.3 Å². The monoisotopic (exact) mass is 376 g/mol. The normalized spacial score (nSPS) is 12.3. The SMILES string of the molecule is CC(CF)COc1ccc(Cl)cc1Cn1ncc2c(C(=O)O)cccc21. The fourth-order valence-electron chi connectivity index (χ4n) is 2.67. The Bertz CT molecular complexity index is 942. The first kappa shape index (κ1) is 18.2. The number of hydrogen-bond donors (Lipinski definition) is 1. The Hall–Kier alpha value is -2.60. The second-order valence-electron chi connectivity index (χ2n) is 6.17. The van der Waals surface area contributed by atoms with Gasteiger partial charge in [0.25, 0.3) is 0 Å². The van der Waals surface area contributed by atoms with Crippen LogP contribution in [0, 0.1) is 5.92 Å². The summed E-state index contributed by atoms with van der Waals surface area (Å²) in [7, 11) is 0. The van der Waals surface area contributed by atoms with E-state index in [0.29, 0.717) is 28.2 Å². The molecule has 3 aromatic rings. The quantitative estimate of drug-likeness (QED) is 0.663. The average molecular weight is 377 g/mol. The number of fused-ring (bicyclic) bond motifs is 1. The summed E-state index contributed by atoms with van der Waals surface area (Å²) in [5.74, 6) is -0.600. The number of hydrogen-bond acceptors (Lipinski definition) is 3. The summed E-state index contributed by atoms with van der Waals surface area (Å²) in [5, 5.41) is 14.7. The zero-order valence-corrected chi connectivity index (χ0v) is 14.9. The van der Waals surface area contributed by atoms with Gasteiger partial charge >= 0.3 is 5.97 Å². The van der Waals surface area contributed by atoms with Crippen molar-refractivity contribution in [3.05, 3.63) is 58.7 Å². The van der Waals surface area contributed by atoms with E-state index in [-0.39, 0.29) is 18.1 Å². The van der Waals surface area contributed by atoms with Gasteiger partial charge in [-0.25, -0.2) is 4.79 Å². The van der Waals surface area contributed by atoms with Crippen molar-refractivity contribution in [1.29, 1.82) is 0 Å². The zero-order valence-electron chi connectivity index (χ0n) is 14.2. The van der Waals surface area contributed by atoms with E-state index < -0.39 is 12.6 Å². The highest BCUT2D eigenvalue weighted by atomic mass is 35.5. The molecule has 136 valence electrons. The van der Waals surface area contributed by atoms with Gasteiger partial charge in [-0.1, -0.05) is 24.6 Å². The molecular formula is C19H18ClFN2O3. The lowest BCUT2D eigenvalue weighted by molar-refractivity contribution is 0.0699. The van der Waals surface area contributed by atoms with Gasteiger partial charge in [0.05, 0.1) is 37.1 Å². The third-order valence-electron chi connectivity index (χ3n) is 4.05. The maximum atomic E-state index is 12.7.